The molecule has 6 atom stereocenters. The number of ether oxygens (including phenoxy) is 4. The van der Waals surface area contributed by atoms with E-state index in [-0.39, 0.29) is 53.9 Å². The van der Waals surface area contributed by atoms with E-state index in [0.29, 0.717) is 0 Å². The molecule has 0 radical (unpaired) electrons. The average Bonchev–Trinajstić information content (AvgIpc) is 2.99. The summed E-state index contributed by atoms with van der Waals surface area (Å²) in [7, 11) is 1.33. The van der Waals surface area contributed by atoms with Crippen molar-refractivity contribution in [3.63, 3.8) is 0 Å². The van der Waals surface area contributed by atoms with Gasteiger partial charge in [0.1, 0.15) is 29.0 Å². The van der Waals surface area contributed by atoms with Gasteiger partial charge in [0.2, 0.25) is 5.78 Å². The molecule has 13 heteroatoms. The molecular formula is C31H35NO12. The Labute approximate surface area is 252 Å². The molecule has 0 saturated carbocycles. The summed E-state index contributed by atoms with van der Waals surface area (Å²) in [6.45, 7) is 4.84. The maximum absolute atomic E-state index is 13.8. The molecule has 2 aromatic rings. The first-order chi connectivity index (χ1) is 20.9. The van der Waals surface area contributed by atoms with Crippen LogP contribution < -0.4 is 10.1 Å². The number of fused-ring (bicyclic) bond motifs is 3. The maximum Gasteiger partial charge on any atom is 0.407 e. The molecule has 0 aromatic heterocycles. The quantitative estimate of drug-likeness (QED) is 0.244. The fourth-order valence-corrected chi connectivity index (χ4v) is 6.36. The number of phenolic OH excluding ortho intramolecular Hbond substituents is 2. The topological polar surface area (TPSA) is 198 Å². The van der Waals surface area contributed by atoms with Crippen molar-refractivity contribution >= 4 is 23.4 Å². The number of amides is 1. The lowest BCUT2D eigenvalue weighted by molar-refractivity contribution is -0.249. The molecule has 236 valence electrons. The number of rotatable bonds is 7. The van der Waals surface area contributed by atoms with Gasteiger partial charge in [0.15, 0.2) is 17.9 Å². The molecule has 0 spiro atoms. The number of Topliss-reactive ketones (excluding diaryl/α,β-unsaturated/α-hetero) is 1. The van der Waals surface area contributed by atoms with Crippen molar-refractivity contribution in [1.82, 2.24) is 5.32 Å². The van der Waals surface area contributed by atoms with Crippen LogP contribution >= 0.6 is 0 Å². The number of aliphatic hydroxyl groups excluding tert-OH is 1. The number of hydrogen-bond acceptors (Lipinski definition) is 12. The highest BCUT2D eigenvalue weighted by atomic mass is 16.7. The minimum Gasteiger partial charge on any atom is -0.507 e. The predicted octanol–water partition coefficient (Wildman–Crippen LogP) is 2.21. The van der Waals surface area contributed by atoms with Crippen LogP contribution in [0.1, 0.15) is 89.1 Å². The van der Waals surface area contributed by atoms with Gasteiger partial charge in [-0.3, -0.25) is 14.4 Å². The Hall–Kier alpha value is -4.04. The Morgan fingerprint density at radius 2 is 1.80 bits per heavy atom. The molecule has 1 unspecified atom stereocenters. The first kappa shape index (κ1) is 31.4. The molecule has 2 aliphatic carbocycles. The zero-order chi connectivity index (χ0) is 32.1. The van der Waals surface area contributed by atoms with E-state index in [1.54, 1.807) is 20.8 Å². The number of nitrogens with one attached hydrogen (secondary N) is 1. The van der Waals surface area contributed by atoms with E-state index < -0.39 is 88.7 Å². The molecule has 3 aliphatic rings. The van der Waals surface area contributed by atoms with Crippen LogP contribution in [0.4, 0.5) is 4.79 Å². The van der Waals surface area contributed by atoms with Crippen LogP contribution in [0.25, 0.3) is 0 Å². The molecule has 2 aromatic carbocycles. The Morgan fingerprint density at radius 1 is 1.09 bits per heavy atom. The van der Waals surface area contributed by atoms with Gasteiger partial charge in [-0.1, -0.05) is 19.1 Å². The monoisotopic (exact) mass is 613 g/mol. The minimum atomic E-state index is -2.06. The highest BCUT2D eigenvalue weighted by Crippen LogP contribution is 2.52. The number of carbonyl (C=O) groups is 4. The summed E-state index contributed by atoms with van der Waals surface area (Å²) in [5.41, 5.74) is -3.31. The molecule has 1 fully saturated rings. The van der Waals surface area contributed by atoms with E-state index in [1.165, 1.54) is 25.3 Å². The molecular weight excluding hydrogens is 578 g/mol. The molecule has 1 heterocycles. The second kappa shape index (κ2) is 11.8. The molecule has 1 aliphatic heterocycles. The first-order valence-electron chi connectivity index (χ1n) is 14.4. The van der Waals surface area contributed by atoms with Crippen molar-refractivity contribution in [2.75, 3.05) is 13.7 Å². The number of hydrogen-bond donors (Lipinski definition) is 5. The summed E-state index contributed by atoms with van der Waals surface area (Å²) in [5.74, 6) is -3.29. The second-order valence-corrected chi connectivity index (χ2v) is 11.2. The summed E-state index contributed by atoms with van der Waals surface area (Å²) < 4.78 is 22.3. The van der Waals surface area contributed by atoms with Gasteiger partial charge >= 0.3 is 6.09 Å². The first-order valence-corrected chi connectivity index (χ1v) is 14.4. The van der Waals surface area contributed by atoms with Crippen molar-refractivity contribution in [2.24, 2.45) is 0 Å². The zero-order valence-electron chi connectivity index (χ0n) is 24.7. The number of carbonyl (C=O) groups excluding carboxylic acids is 4. The number of aromatic hydroxyl groups is 2. The van der Waals surface area contributed by atoms with Crippen LogP contribution in [0, 0.1) is 0 Å². The van der Waals surface area contributed by atoms with Crippen molar-refractivity contribution in [2.45, 2.75) is 82.7 Å². The lowest BCUT2D eigenvalue weighted by Gasteiger charge is -2.42. The SMILES string of the molecule is CCOC(=O)N[C@H]1C[C@H](OC2C[C@](O)(C(=O)CC)Cc3c(O)c4c(c(O)c32)C(=O)c2c(OC)cccc2C4=O)O[C@@H](C)[C@H]1O. The standard InChI is InChI=1S/C31H35NO12/c1-5-19(33)31(40)11-15-22(18(12-31)44-20-10-16(25(34)13(3)43-20)32-30(39)42-6-2)29(38)24-23(27(15)36)26(35)14-8-7-9-17(41-4)21(14)28(24)37/h7-9,13,16,18,20,25,34,36,38,40H,5-6,10-12H2,1-4H3,(H,32,39)/t13-,16-,18?,20-,25+,31-/m0/s1. The van der Waals surface area contributed by atoms with Crippen molar-refractivity contribution < 1.29 is 58.6 Å². The van der Waals surface area contributed by atoms with Gasteiger partial charge in [-0.25, -0.2) is 4.79 Å². The third-order valence-corrected chi connectivity index (χ3v) is 8.52. The second-order valence-electron chi connectivity index (χ2n) is 11.2. The van der Waals surface area contributed by atoms with Crippen LogP contribution in [0.15, 0.2) is 18.2 Å². The van der Waals surface area contributed by atoms with E-state index in [4.69, 9.17) is 18.9 Å². The fraction of sp³-hybridized carbons (Fsp3) is 0.484. The third-order valence-electron chi connectivity index (χ3n) is 8.52. The van der Waals surface area contributed by atoms with Crippen LogP contribution in [0.2, 0.25) is 0 Å². The van der Waals surface area contributed by atoms with E-state index in [9.17, 15) is 39.6 Å². The van der Waals surface area contributed by atoms with Gasteiger partial charge in [0.25, 0.3) is 0 Å². The maximum atomic E-state index is 13.8. The average molecular weight is 614 g/mol. The Morgan fingerprint density at radius 3 is 2.45 bits per heavy atom. The molecule has 0 bridgehead atoms. The highest BCUT2D eigenvalue weighted by Gasteiger charge is 2.50. The number of phenols is 2. The summed E-state index contributed by atoms with van der Waals surface area (Å²) in [5, 5.41) is 47.9. The predicted molar refractivity (Wildman–Crippen MR) is 151 cm³/mol. The van der Waals surface area contributed by atoms with E-state index >= 15 is 0 Å². The summed E-state index contributed by atoms with van der Waals surface area (Å²) in [6, 6.07) is 3.54. The number of ketones is 3. The molecule has 1 saturated heterocycles. The van der Waals surface area contributed by atoms with Crippen molar-refractivity contribution in [3.05, 3.63) is 51.6 Å². The van der Waals surface area contributed by atoms with Gasteiger partial charge in [-0.05, 0) is 19.9 Å². The van der Waals surface area contributed by atoms with Crippen LogP contribution in [-0.4, -0.2) is 87.7 Å². The van der Waals surface area contributed by atoms with Gasteiger partial charge in [0.05, 0.1) is 48.7 Å². The Kier molecular flexibility index (Phi) is 8.42. The smallest absolute Gasteiger partial charge is 0.407 e. The van der Waals surface area contributed by atoms with Gasteiger partial charge < -0.3 is 44.7 Å². The van der Waals surface area contributed by atoms with Crippen LogP contribution in [-0.2, 0) is 25.4 Å². The largest absolute Gasteiger partial charge is 0.507 e. The van der Waals surface area contributed by atoms with Gasteiger partial charge in [-0.2, -0.15) is 0 Å². The third kappa shape index (κ3) is 5.09. The minimum absolute atomic E-state index is 0.0386. The van der Waals surface area contributed by atoms with E-state index in [2.05, 4.69) is 5.32 Å². The number of benzene rings is 2. The zero-order valence-corrected chi connectivity index (χ0v) is 24.7. The molecule has 5 rings (SSSR count). The van der Waals surface area contributed by atoms with Crippen LogP contribution in [0.5, 0.6) is 17.2 Å². The van der Waals surface area contributed by atoms with E-state index in [0.717, 1.165) is 0 Å². The summed E-state index contributed by atoms with van der Waals surface area (Å²) in [4.78, 5) is 52.5. The molecule has 44 heavy (non-hydrogen) atoms. The Bertz CT molecular complexity index is 1540. The Balaban J connectivity index is 1.61. The highest BCUT2D eigenvalue weighted by molar-refractivity contribution is 6.31. The van der Waals surface area contributed by atoms with Crippen molar-refractivity contribution in [3.8, 4) is 17.2 Å². The fourth-order valence-electron chi connectivity index (χ4n) is 6.36. The van der Waals surface area contributed by atoms with Crippen molar-refractivity contribution in [1.29, 1.82) is 0 Å². The lowest BCUT2D eigenvalue weighted by atomic mass is 9.71. The number of alkyl carbamates (subject to hydrolysis) is 1. The van der Waals surface area contributed by atoms with E-state index in [1.807, 2.05) is 0 Å². The van der Waals surface area contributed by atoms with Crippen LogP contribution in [0.3, 0.4) is 0 Å². The van der Waals surface area contributed by atoms with Gasteiger partial charge in [-0.15, -0.1) is 0 Å². The lowest BCUT2D eigenvalue weighted by Crippen LogP contribution is -2.55. The molecule has 1 amide bonds. The number of aliphatic hydroxyl groups is 2. The summed E-state index contributed by atoms with van der Waals surface area (Å²) >= 11 is 0. The molecule has 13 nitrogen and oxygen atoms in total. The number of methoxy groups -OCH3 is 1. The molecule has 5 N–H and O–H groups in total. The summed E-state index contributed by atoms with van der Waals surface area (Å²) in [6.07, 6.45) is -6.18. The van der Waals surface area contributed by atoms with Gasteiger partial charge in [0, 0.05) is 42.4 Å². The normalized spacial score (nSPS) is 27.5.